The second-order valence-electron chi connectivity index (χ2n) is 20.3. The van der Waals surface area contributed by atoms with Crippen molar-refractivity contribution in [3.8, 4) is 16.8 Å². The summed E-state index contributed by atoms with van der Waals surface area (Å²) < 4.78 is 2.58. The summed E-state index contributed by atoms with van der Waals surface area (Å²) in [6.45, 7) is 9.25. The Morgan fingerprint density at radius 1 is 0.500 bits per heavy atom. The molecule has 13 rings (SSSR count). The maximum Gasteiger partial charge on any atom is 0.0570 e. The third-order valence-electron chi connectivity index (χ3n) is 15.6. The van der Waals surface area contributed by atoms with Gasteiger partial charge in [0.05, 0.1) is 22.6 Å². The molecule has 338 valence electrons. The lowest BCUT2D eigenvalue weighted by Crippen LogP contribution is -2.48. The second kappa shape index (κ2) is 16.5. The lowest BCUT2D eigenvalue weighted by Gasteiger charge is -2.41. The molecule has 0 fully saturated rings. The van der Waals surface area contributed by atoms with Gasteiger partial charge in [-0.25, -0.2) is 0 Å². The van der Waals surface area contributed by atoms with Crippen LogP contribution in [0.3, 0.4) is 0 Å². The van der Waals surface area contributed by atoms with E-state index in [2.05, 4.69) is 260 Å². The molecule has 1 aromatic heterocycles. The van der Waals surface area contributed by atoms with E-state index in [9.17, 15) is 0 Å². The molecule has 1 aliphatic heterocycles. The van der Waals surface area contributed by atoms with Crippen molar-refractivity contribution in [2.75, 3.05) is 9.80 Å². The minimum Gasteiger partial charge on any atom is -0.334 e. The number of aromatic nitrogens is 1. The third kappa shape index (κ3) is 7.02. The summed E-state index contributed by atoms with van der Waals surface area (Å²) in [5.74, 6) is 0. The molecule has 3 nitrogen and oxygen atoms in total. The average Bonchev–Trinajstić information content (AvgIpc) is 3.73. The van der Waals surface area contributed by atoms with Crippen LogP contribution in [0.15, 0.2) is 218 Å². The zero-order chi connectivity index (χ0) is 47.1. The number of anilines is 4. The van der Waals surface area contributed by atoms with Gasteiger partial charge in [-0.05, 0) is 167 Å². The number of para-hydroxylation sites is 1. The smallest absolute Gasteiger partial charge is 0.0570 e. The minimum atomic E-state index is -0.195. The predicted molar refractivity (Wildman–Crippen MR) is 297 cm³/mol. The number of hydrogen-bond donors (Lipinski definition) is 0. The molecule has 0 spiro atoms. The Balaban J connectivity index is 0.980. The van der Waals surface area contributed by atoms with E-state index >= 15 is 0 Å². The quantitative estimate of drug-likeness (QED) is 0.151. The average molecular weight is 902 g/mol. The first-order valence-electron chi connectivity index (χ1n) is 25.0. The van der Waals surface area contributed by atoms with Gasteiger partial charge in [0.1, 0.15) is 0 Å². The monoisotopic (exact) mass is 901 g/mol. The van der Waals surface area contributed by atoms with Crippen LogP contribution in [0.5, 0.6) is 0 Å². The van der Waals surface area contributed by atoms with Crippen LogP contribution in [0, 0.1) is 13.8 Å². The molecule has 2 heterocycles. The highest BCUT2D eigenvalue weighted by Gasteiger charge is 2.39. The van der Waals surface area contributed by atoms with Crippen molar-refractivity contribution < 1.29 is 0 Å². The second-order valence-corrected chi connectivity index (χ2v) is 20.3. The van der Waals surface area contributed by atoms with Gasteiger partial charge in [-0.2, -0.15) is 0 Å². The Morgan fingerprint density at radius 2 is 1.07 bits per heavy atom. The van der Waals surface area contributed by atoms with E-state index < -0.39 is 0 Å². The lowest BCUT2D eigenvalue weighted by molar-refractivity contribution is 0.618. The Bertz CT molecular complexity index is 3900. The summed E-state index contributed by atoms with van der Waals surface area (Å²) in [5.41, 5.74) is 18.8. The van der Waals surface area contributed by atoms with Gasteiger partial charge in [-0.1, -0.05) is 165 Å². The predicted octanol–water partition coefficient (Wildman–Crippen LogP) is 16.0. The van der Waals surface area contributed by atoms with Crippen LogP contribution < -0.4 is 20.4 Å². The molecule has 1 unspecified atom stereocenters. The van der Waals surface area contributed by atoms with Crippen LogP contribution in [0.2, 0.25) is 0 Å². The molecular weight excluding hydrogens is 847 g/mol. The van der Waals surface area contributed by atoms with Gasteiger partial charge in [0.25, 0.3) is 0 Å². The first-order chi connectivity index (χ1) is 34.2. The number of allylic oxidation sites excluding steroid dienone is 4. The van der Waals surface area contributed by atoms with Gasteiger partial charge in [0.2, 0.25) is 0 Å². The Kier molecular flexibility index (Phi) is 9.92. The van der Waals surface area contributed by atoms with Crippen LogP contribution in [0.4, 0.5) is 22.7 Å². The summed E-state index contributed by atoms with van der Waals surface area (Å²) in [6.07, 6.45) is 10.1. The minimum absolute atomic E-state index is 0.0527. The SMILES string of the molecule is Cc1ccc(N(C2=CC=C(c3ccc4ccccc4c3)CC2)c2ccc3c(c2)c2c4n3-c3ccccc3C(C)(C)C=4CC(N(c3ccc(C)cc3)c3ccc(-c4ccc5ccccc5c4)cc3)C=2)cc1. The van der Waals surface area contributed by atoms with Gasteiger partial charge in [-0.15, -0.1) is 0 Å². The van der Waals surface area contributed by atoms with Crippen LogP contribution in [-0.2, 0) is 5.41 Å². The first-order valence-corrected chi connectivity index (χ1v) is 25.0. The molecule has 0 radical (unpaired) electrons. The van der Waals surface area contributed by atoms with E-state index in [1.165, 1.54) is 122 Å². The first kappa shape index (κ1) is 42.0. The van der Waals surface area contributed by atoms with Gasteiger partial charge >= 0.3 is 0 Å². The molecule has 70 heavy (non-hydrogen) atoms. The molecule has 0 saturated heterocycles. The van der Waals surface area contributed by atoms with Gasteiger partial charge in [-0.3, -0.25) is 0 Å². The fourth-order valence-electron chi connectivity index (χ4n) is 11.8. The number of aryl methyl sites for hydroxylation is 2. The number of hydrogen-bond acceptors (Lipinski definition) is 2. The van der Waals surface area contributed by atoms with Crippen LogP contribution in [0.25, 0.3) is 66.5 Å². The Morgan fingerprint density at radius 3 is 1.74 bits per heavy atom. The molecular formula is C67H55N3. The van der Waals surface area contributed by atoms with Gasteiger partial charge < -0.3 is 14.4 Å². The number of rotatable bonds is 8. The van der Waals surface area contributed by atoms with E-state index in [1.807, 2.05) is 0 Å². The fourth-order valence-corrected chi connectivity index (χ4v) is 11.8. The normalized spacial score (nSPS) is 15.8. The standard InChI is InChI=1S/C67H55N3/c1-44-17-29-54(30-18-44)68(56-33-25-48(26-34-56)52-23-21-46-11-5-7-13-50(46)39-52)58-37-38-64-60(41-58)61-42-59(43-63-66(61)70(64)65-16-10-9-15-62(65)67(63,3)4)69(55-31-19-45(2)20-32-55)57-35-27-49(28-36-57)53-24-22-47-12-6-8-14-51(47)40-53/h5-25,27-33,35-42,59H,26,34,43H2,1-4H3. The molecule has 0 N–H and O–H groups in total. The topological polar surface area (TPSA) is 11.4 Å². The van der Waals surface area contributed by atoms with E-state index in [4.69, 9.17) is 0 Å². The van der Waals surface area contributed by atoms with Crippen molar-refractivity contribution in [2.24, 2.45) is 0 Å². The van der Waals surface area contributed by atoms with Gasteiger partial charge in [0, 0.05) is 44.5 Å². The van der Waals surface area contributed by atoms with E-state index in [0.29, 0.717) is 0 Å². The highest BCUT2D eigenvalue weighted by Crippen LogP contribution is 2.45. The van der Waals surface area contributed by atoms with E-state index in [0.717, 1.165) is 19.3 Å². The molecule has 2 aliphatic carbocycles. The molecule has 3 heteroatoms. The van der Waals surface area contributed by atoms with E-state index in [1.54, 1.807) is 0 Å². The highest BCUT2D eigenvalue weighted by atomic mass is 15.2. The van der Waals surface area contributed by atoms with Crippen molar-refractivity contribution >= 4 is 72.4 Å². The van der Waals surface area contributed by atoms with Crippen molar-refractivity contribution in [1.29, 1.82) is 0 Å². The van der Waals surface area contributed by atoms with Crippen molar-refractivity contribution in [1.82, 2.24) is 4.57 Å². The van der Waals surface area contributed by atoms with Crippen molar-refractivity contribution in [2.45, 2.75) is 58.4 Å². The highest BCUT2D eigenvalue weighted by molar-refractivity contribution is 5.94. The van der Waals surface area contributed by atoms with Crippen molar-refractivity contribution in [3.63, 3.8) is 0 Å². The summed E-state index contributed by atoms with van der Waals surface area (Å²) >= 11 is 0. The zero-order valence-corrected chi connectivity index (χ0v) is 40.3. The largest absolute Gasteiger partial charge is 0.334 e. The van der Waals surface area contributed by atoms with Gasteiger partial charge in [0.15, 0.2) is 0 Å². The summed E-state index contributed by atoms with van der Waals surface area (Å²) in [6, 6.07) is 74.8. The van der Waals surface area contributed by atoms with Crippen LogP contribution in [0.1, 0.15) is 55.4 Å². The molecule has 10 aromatic rings. The summed E-state index contributed by atoms with van der Waals surface area (Å²) in [5, 5.41) is 9.03. The number of nitrogens with zero attached hydrogens (tertiary/aromatic N) is 3. The maximum atomic E-state index is 2.59. The Labute approximate surface area is 410 Å². The van der Waals surface area contributed by atoms with E-state index in [-0.39, 0.29) is 11.5 Å². The lowest BCUT2D eigenvalue weighted by atomic mass is 9.71. The molecule has 9 aromatic carbocycles. The fraction of sp³-hybridized carbons (Fsp3) is 0.134. The molecule has 1 atom stereocenters. The summed E-state index contributed by atoms with van der Waals surface area (Å²) in [4.78, 5) is 5.10. The maximum absolute atomic E-state index is 2.59. The molecule has 0 saturated carbocycles. The van der Waals surface area contributed by atoms with Crippen molar-refractivity contribution in [3.05, 3.63) is 251 Å². The molecule has 3 aliphatic rings. The van der Waals surface area contributed by atoms with Crippen LogP contribution in [-0.4, -0.2) is 10.6 Å². The molecule has 0 bridgehead atoms. The number of fused-ring (bicyclic) bond motifs is 7. The zero-order valence-electron chi connectivity index (χ0n) is 40.3. The number of benzene rings is 9. The summed E-state index contributed by atoms with van der Waals surface area (Å²) in [7, 11) is 0. The Hall–Kier alpha value is -8.14. The third-order valence-corrected chi connectivity index (χ3v) is 15.6. The van der Waals surface area contributed by atoms with Crippen LogP contribution >= 0.6 is 0 Å². The molecule has 0 amide bonds.